The van der Waals surface area contributed by atoms with E-state index < -0.39 is 0 Å². The van der Waals surface area contributed by atoms with E-state index in [0.29, 0.717) is 25.6 Å². The molecule has 0 bridgehead atoms. The van der Waals surface area contributed by atoms with E-state index in [-0.39, 0.29) is 12.6 Å². The van der Waals surface area contributed by atoms with Crippen molar-refractivity contribution in [3.05, 3.63) is 29.1 Å². The van der Waals surface area contributed by atoms with Gasteiger partial charge in [-0.1, -0.05) is 6.92 Å². The van der Waals surface area contributed by atoms with Crippen molar-refractivity contribution >= 4 is 5.96 Å². The summed E-state index contributed by atoms with van der Waals surface area (Å²) in [6.07, 6.45) is 3.15. The zero-order chi connectivity index (χ0) is 18.4. The molecule has 2 N–H and O–H groups in total. The summed E-state index contributed by atoms with van der Waals surface area (Å²) in [6, 6.07) is 3.59. The van der Waals surface area contributed by atoms with Crippen LogP contribution in [0.5, 0.6) is 5.75 Å². The molecule has 6 nitrogen and oxygen atoms in total. The molecular formula is C19H29FN4O2. The van der Waals surface area contributed by atoms with Crippen molar-refractivity contribution < 1.29 is 13.9 Å². The van der Waals surface area contributed by atoms with Crippen molar-refractivity contribution in [2.24, 2.45) is 4.99 Å². The number of hydrogen-bond acceptors (Lipinski definition) is 4. The lowest BCUT2D eigenvalue weighted by molar-refractivity contribution is -0.0172. The molecule has 2 heterocycles. The predicted octanol–water partition coefficient (Wildman–Crippen LogP) is 1.88. The minimum atomic E-state index is -0.253. The second-order valence-corrected chi connectivity index (χ2v) is 6.72. The number of nitrogens with one attached hydrogen (secondary N) is 2. The van der Waals surface area contributed by atoms with Crippen LogP contribution in [0.1, 0.15) is 30.9 Å². The molecule has 1 atom stereocenters. The second-order valence-electron chi connectivity index (χ2n) is 6.72. The van der Waals surface area contributed by atoms with Gasteiger partial charge >= 0.3 is 0 Å². The summed E-state index contributed by atoms with van der Waals surface area (Å²) in [6.45, 7) is 6.64. The third kappa shape index (κ3) is 4.65. The number of aliphatic imine (C=N–C) groups is 1. The Bertz CT molecular complexity index is 638. The highest BCUT2D eigenvalue weighted by Gasteiger charge is 2.22. The highest BCUT2D eigenvalue weighted by molar-refractivity contribution is 5.79. The molecule has 0 aromatic heterocycles. The molecule has 1 aromatic carbocycles. The van der Waals surface area contributed by atoms with E-state index >= 15 is 0 Å². The summed E-state index contributed by atoms with van der Waals surface area (Å²) in [4.78, 5) is 6.79. The Balaban J connectivity index is 1.50. The first kappa shape index (κ1) is 18.9. The average Bonchev–Trinajstić information content (AvgIpc) is 3.11. The van der Waals surface area contributed by atoms with Gasteiger partial charge in [0.2, 0.25) is 0 Å². The number of hydrogen-bond donors (Lipinski definition) is 2. The summed E-state index contributed by atoms with van der Waals surface area (Å²) in [5, 5.41) is 6.72. The molecule has 1 saturated heterocycles. The summed E-state index contributed by atoms with van der Waals surface area (Å²) < 4.78 is 24.6. The molecule has 1 aromatic rings. The maximum absolute atomic E-state index is 13.8. The molecule has 26 heavy (non-hydrogen) atoms. The van der Waals surface area contributed by atoms with Gasteiger partial charge in [-0.3, -0.25) is 9.89 Å². The van der Waals surface area contributed by atoms with Gasteiger partial charge in [-0.15, -0.1) is 0 Å². The van der Waals surface area contributed by atoms with Crippen molar-refractivity contribution in [1.82, 2.24) is 15.5 Å². The average molecular weight is 364 g/mol. The molecule has 2 aliphatic heterocycles. The van der Waals surface area contributed by atoms with Crippen LogP contribution in [0, 0.1) is 5.82 Å². The molecule has 0 spiro atoms. The van der Waals surface area contributed by atoms with Crippen LogP contribution in [0.2, 0.25) is 0 Å². The summed E-state index contributed by atoms with van der Waals surface area (Å²) >= 11 is 0. The van der Waals surface area contributed by atoms with Crippen LogP contribution in [0.3, 0.4) is 0 Å². The first-order valence-corrected chi connectivity index (χ1v) is 9.41. The van der Waals surface area contributed by atoms with Gasteiger partial charge in [-0.25, -0.2) is 4.39 Å². The zero-order valence-electron chi connectivity index (χ0n) is 15.7. The van der Waals surface area contributed by atoms with Crippen molar-refractivity contribution in [3.63, 3.8) is 0 Å². The smallest absolute Gasteiger partial charge is 0.191 e. The van der Waals surface area contributed by atoms with E-state index in [1.54, 1.807) is 13.1 Å². The predicted molar refractivity (Wildman–Crippen MR) is 100 cm³/mol. The van der Waals surface area contributed by atoms with Crippen LogP contribution in [0.4, 0.5) is 4.39 Å². The van der Waals surface area contributed by atoms with Crippen molar-refractivity contribution in [3.8, 4) is 5.75 Å². The van der Waals surface area contributed by atoms with Gasteiger partial charge in [0, 0.05) is 31.7 Å². The van der Waals surface area contributed by atoms with Gasteiger partial charge in [-0.2, -0.15) is 0 Å². The fourth-order valence-corrected chi connectivity index (χ4v) is 3.74. The quantitative estimate of drug-likeness (QED) is 0.596. The van der Waals surface area contributed by atoms with E-state index in [9.17, 15) is 4.39 Å². The Morgan fingerprint density at radius 2 is 2.27 bits per heavy atom. The molecular weight excluding hydrogens is 335 g/mol. The lowest BCUT2D eigenvalue weighted by atomic mass is 10.1. The first-order valence-electron chi connectivity index (χ1n) is 9.41. The zero-order valence-corrected chi connectivity index (χ0v) is 15.7. The molecule has 0 saturated carbocycles. The monoisotopic (exact) mass is 364 g/mol. The van der Waals surface area contributed by atoms with Crippen molar-refractivity contribution in [2.45, 2.75) is 38.8 Å². The number of likely N-dealkylation sites (tertiary alicyclic amines) is 1. The number of benzene rings is 1. The second kappa shape index (κ2) is 9.19. The third-order valence-corrected chi connectivity index (χ3v) is 5.07. The van der Waals surface area contributed by atoms with E-state index in [0.717, 1.165) is 35.9 Å². The molecule has 3 rings (SSSR count). The van der Waals surface area contributed by atoms with Gasteiger partial charge in [0.1, 0.15) is 11.6 Å². The highest BCUT2D eigenvalue weighted by atomic mass is 19.1. The van der Waals surface area contributed by atoms with E-state index in [2.05, 4.69) is 27.4 Å². The summed E-state index contributed by atoms with van der Waals surface area (Å²) in [5.74, 6) is 1.28. The third-order valence-electron chi connectivity index (χ3n) is 5.07. The van der Waals surface area contributed by atoms with Gasteiger partial charge in [0.25, 0.3) is 0 Å². The molecule has 7 heteroatoms. The summed E-state index contributed by atoms with van der Waals surface area (Å²) in [7, 11) is 1.77. The highest BCUT2D eigenvalue weighted by Crippen LogP contribution is 2.29. The van der Waals surface area contributed by atoms with Crippen LogP contribution in [0.15, 0.2) is 17.1 Å². The number of likely N-dealkylation sites (N-methyl/N-ethyl adjacent to an activating group) is 1. The SMILES string of the molecule is CCN1CCCC1CNC(=NC)NCCc1cc(F)cc2c1OCOC2. The van der Waals surface area contributed by atoms with Gasteiger partial charge in [0.15, 0.2) is 12.8 Å². The largest absolute Gasteiger partial charge is 0.467 e. The van der Waals surface area contributed by atoms with Crippen LogP contribution >= 0.6 is 0 Å². The molecule has 2 aliphatic rings. The van der Waals surface area contributed by atoms with Gasteiger partial charge in [0.05, 0.1) is 6.61 Å². The molecule has 1 fully saturated rings. The lowest BCUT2D eigenvalue weighted by Crippen LogP contribution is -2.45. The van der Waals surface area contributed by atoms with E-state index in [1.807, 2.05) is 0 Å². The number of ether oxygens (including phenoxy) is 2. The molecule has 0 radical (unpaired) electrons. The van der Waals surface area contributed by atoms with Crippen LogP contribution in [0.25, 0.3) is 0 Å². The van der Waals surface area contributed by atoms with Crippen LogP contribution in [-0.2, 0) is 17.8 Å². The number of guanidine groups is 1. The van der Waals surface area contributed by atoms with Gasteiger partial charge in [-0.05, 0) is 50.0 Å². The van der Waals surface area contributed by atoms with Crippen LogP contribution in [-0.4, -0.2) is 56.9 Å². The van der Waals surface area contributed by atoms with Crippen molar-refractivity contribution in [2.75, 3.05) is 40.0 Å². The maximum Gasteiger partial charge on any atom is 0.191 e. The Morgan fingerprint density at radius 1 is 1.38 bits per heavy atom. The standard InChI is InChI=1S/C19H29FN4O2/c1-3-24-8-4-5-17(24)11-23-19(21-2)22-7-6-14-9-16(20)10-15-12-25-13-26-18(14)15/h9-10,17H,3-8,11-13H2,1-2H3,(H2,21,22,23). The number of halogens is 1. The molecule has 0 aliphatic carbocycles. The fourth-order valence-electron chi connectivity index (χ4n) is 3.74. The topological polar surface area (TPSA) is 58.1 Å². The molecule has 1 unspecified atom stereocenters. The molecule has 0 amide bonds. The van der Waals surface area contributed by atoms with E-state index in [1.165, 1.54) is 25.5 Å². The Hall–Kier alpha value is -1.86. The minimum absolute atomic E-state index is 0.220. The Labute approximate surface area is 154 Å². The summed E-state index contributed by atoms with van der Waals surface area (Å²) in [5.41, 5.74) is 1.63. The Kier molecular flexibility index (Phi) is 6.68. The fraction of sp³-hybridized carbons (Fsp3) is 0.632. The number of rotatable bonds is 6. The molecule has 144 valence electrons. The number of fused-ring (bicyclic) bond motifs is 1. The maximum atomic E-state index is 13.8. The first-order chi connectivity index (χ1) is 12.7. The van der Waals surface area contributed by atoms with Crippen molar-refractivity contribution in [1.29, 1.82) is 0 Å². The minimum Gasteiger partial charge on any atom is -0.467 e. The number of nitrogens with zero attached hydrogens (tertiary/aromatic N) is 2. The Morgan fingerprint density at radius 3 is 3.08 bits per heavy atom. The van der Waals surface area contributed by atoms with Gasteiger partial charge < -0.3 is 20.1 Å². The van der Waals surface area contributed by atoms with E-state index in [4.69, 9.17) is 9.47 Å². The normalized spacial score (nSPS) is 20.6. The lowest BCUT2D eigenvalue weighted by Gasteiger charge is -2.24. The van der Waals surface area contributed by atoms with Crippen LogP contribution < -0.4 is 15.4 Å².